The van der Waals surface area contributed by atoms with E-state index < -0.39 is 6.10 Å². The van der Waals surface area contributed by atoms with Crippen molar-refractivity contribution in [3.05, 3.63) is 52.0 Å². The summed E-state index contributed by atoms with van der Waals surface area (Å²) in [6.45, 7) is 2.00. The highest BCUT2D eigenvalue weighted by Crippen LogP contribution is 2.29. The minimum Gasteiger partial charge on any atom is -0.380 e. The molecule has 1 heterocycles. The quantitative estimate of drug-likeness (QED) is 0.918. The molecule has 1 N–H and O–H groups in total. The number of rotatable bonds is 2. The predicted octanol–water partition coefficient (Wildman–Crippen LogP) is 2.57. The lowest BCUT2D eigenvalue weighted by Crippen LogP contribution is -2.07. The first-order valence-corrected chi connectivity index (χ1v) is 5.81. The Morgan fingerprint density at radius 1 is 1.44 bits per heavy atom. The molecular weight excluding hydrogens is 268 g/mol. The van der Waals surface area contributed by atoms with Crippen LogP contribution in [0, 0.1) is 6.92 Å². The molecule has 0 aliphatic heterocycles. The zero-order valence-electron chi connectivity index (χ0n) is 9.18. The Hall–Kier alpha value is -1.13. The molecule has 1 atom stereocenters. The topological polar surface area (TPSA) is 38.1 Å². The van der Waals surface area contributed by atoms with Crippen LogP contribution in [0.1, 0.15) is 23.1 Å². The van der Waals surface area contributed by atoms with Crippen molar-refractivity contribution in [2.24, 2.45) is 7.05 Å². The molecule has 4 heteroatoms. The molecule has 16 heavy (non-hydrogen) atoms. The van der Waals surface area contributed by atoms with Gasteiger partial charge in [0.25, 0.3) is 0 Å². The second-order valence-electron chi connectivity index (χ2n) is 3.78. The molecule has 0 saturated heterocycles. The summed E-state index contributed by atoms with van der Waals surface area (Å²) < 4.78 is 2.75. The van der Waals surface area contributed by atoms with E-state index in [-0.39, 0.29) is 0 Å². The van der Waals surface area contributed by atoms with E-state index in [0.717, 1.165) is 15.6 Å². The smallest absolute Gasteiger partial charge is 0.142 e. The normalized spacial score (nSPS) is 12.8. The summed E-state index contributed by atoms with van der Waals surface area (Å²) >= 11 is 3.49. The van der Waals surface area contributed by atoms with Crippen LogP contribution in [0.15, 0.2) is 35.1 Å². The Labute approximate surface area is 103 Å². The van der Waals surface area contributed by atoms with Gasteiger partial charge in [0.1, 0.15) is 11.9 Å². The number of hydrogen-bond donors (Lipinski definition) is 1. The maximum Gasteiger partial charge on any atom is 0.142 e. The Balaban J connectivity index is 2.46. The van der Waals surface area contributed by atoms with Crippen molar-refractivity contribution in [1.29, 1.82) is 0 Å². The van der Waals surface area contributed by atoms with E-state index in [1.807, 2.05) is 42.9 Å². The summed E-state index contributed by atoms with van der Waals surface area (Å²) in [4.78, 5) is 4.15. The van der Waals surface area contributed by atoms with Crippen molar-refractivity contribution in [1.82, 2.24) is 9.55 Å². The molecule has 0 bridgehead atoms. The average molecular weight is 281 g/mol. The van der Waals surface area contributed by atoms with Crippen molar-refractivity contribution in [3.63, 3.8) is 0 Å². The predicted molar refractivity (Wildman–Crippen MR) is 66.1 cm³/mol. The molecule has 1 aromatic heterocycles. The summed E-state index contributed by atoms with van der Waals surface area (Å²) in [6.07, 6.45) is 2.80. The maximum absolute atomic E-state index is 10.3. The van der Waals surface area contributed by atoms with Gasteiger partial charge < -0.3 is 9.67 Å². The number of benzene rings is 1. The molecule has 0 radical (unpaired) electrons. The van der Waals surface area contributed by atoms with Crippen molar-refractivity contribution in [3.8, 4) is 0 Å². The SMILES string of the molecule is Cc1cccc(C(O)c2nccn2C)c1Br. The Morgan fingerprint density at radius 3 is 2.81 bits per heavy atom. The number of imidazole rings is 1. The van der Waals surface area contributed by atoms with Gasteiger partial charge in [-0.3, -0.25) is 0 Å². The summed E-state index contributed by atoms with van der Waals surface area (Å²) in [7, 11) is 1.87. The van der Waals surface area contributed by atoms with E-state index >= 15 is 0 Å². The maximum atomic E-state index is 10.3. The highest BCUT2D eigenvalue weighted by Gasteiger charge is 2.17. The molecule has 0 aliphatic rings. The minimum absolute atomic E-state index is 0.645. The molecule has 0 fully saturated rings. The van der Waals surface area contributed by atoms with Crippen molar-refractivity contribution >= 4 is 15.9 Å². The highest BCUT2D eigenvalue weighted by atomic mass is 79.9. The summed E-state index contributed by atoms with van der Waals surface area (Å²) in [5.41, 5.74) is 1.94. The van der Waals surface area contributed by atoms with Gasteiger partial charge in [0.15, 0.2) is 0 Å². The van der Waals surface area contributed by atoms with Gasteiger partial charge in [-0.2, -0.15) is 0 Å². The first-order valence-electron chi connectivity index (χ1n) is 5.01. The highest BCUT2D eigenvalue weighted by molar-refractivity contribution is 9.10. The van der Waals surface area contributed by atoms with Crippen molar-refractivity contribution in [2.75, 3.05) is 0 Å². The van der Waals surface area contributed by atoms with Gasteiger partial charge in [-0.05, 0) is 12.5 Å². The third-order valence-electron chi connectivity index (χ3n) is 2.62. The van der Waals surface area contributed by atoms with Gasteiger partial charge in [0, 0.05) is 29.5 Å². The molecule has 84 valence electrons. The van der Waals surface area contributed by atoms with Crippen LogP contribution in [0.25, 0.3) is 0 Å². The van der Waals surface area contributed by atoms with Gasteiger partial charge in [-0.1, -0.05) is 34.1 Å². The fourth-order valence-electron chi connectivity index (χ4n) is 1.66. The lowest BCUT2D eigenvalue weighted by atomic mass is 10.1. The molecule has 0 aliphatic carbocycles. The Bertz CT molecular complexity index is 507. The second-order valence-corrected chi connectivity index (χ2v) is 4.57. The van der Waals surface area contributed by atoms with Gasteiger partial charge >= 0.3 is 0 Å². The molecular formula is C12H13BrN2O. The Kier molecular flexibility index (Phi) is 3.12. The van der Waals surface area contributed by atoms with Crippen LogP contribution in [-0.2, 0) is 7.05 Å². The molecule has 2 aromatic rings. The fraction of sp³-hybridized carbons (Fsp3) is 0.250. The standard InChI is InChI=1S/C12H13BrN2O/c1-8-4-3-5-9(10(8)13)11(16)12-14-6-7-15(12)2/h3-7,11,16H,1-2H3. The number of nitrogens with zero attached hydrogens (tertiary/aromatic N) is 2. The van der Waals surface area contributed by atoms with Gasteiger partial charge in [-0.25, -0.2) is 4.98 Å². The van der Waals surface area contributed by atoms with Crippen LogP contribution in [0.5, 0.6) is 0 Å². The first-order chi connectivity index (χ1) is 7.61. The minimum atomic E-state index is -0.700. The zero-order valence-corrected chi connectivity index (χ0v) is 10.8. The number of halogens is 1. The molecule has 1 unspecified atom stereocenters. The number of hydrogen-bond acceptors (Lipinski definition) is 2. The number of aliphatic hydroxyl groups excluding tert-OH is 1. The summed E-state index contributed by atoms with van der Waals surface area (Å²) in [5.74, 6) is 0.645. The third kappa shape index (κ3) is 1.90. The first kappa shape index (κ1) is 11.4. The summed E-state index contributed by atoms with van der Waals surface area (Å²) in [6, 6.07) is 5.83. The van der Waals surface area contributed by atoms with Crippen LogP contribution < -0.4 is 0 Å². The Morgan fingerprint density at radius 2 is 2.19 bits per heavy atom. The number of aromatic nitrogens is 2. The van der Waals surface area contributed by atoms with Crippen LogP contribution in [-0.4, -0.2) is 14.7 Å². The van der Waals surface area contributed by atoms with Crippen LogP contribution in [0.2, 0.25) is 0 Å². The van der Waals surface area contributed by atoms with E-state index in [0.29, 0.717) is 5.82 Å². The zero-order chi connectivity index (χ0) is 11.7. The molecule has 2 rings (SSSR count). The fourth-order valence-corrected chi connectivity index (χ4v) is 2.14. The third-order valence-corrected chi connectivity index (χ3v) is 3.70. The van der Waals surface area contributed by atoms with Gasteiger partial charge in [-0.15, -0.1) is 0 Å². The van der Waals surface area contributed by atoms with Gasteiger partial charge in [0.05, 0.1) is 0 Å². The van der Waals surface area contributed by atoms with Gasteiger partial charge in [0.2, 0.25) is 0 Å². The molecule has 0 amide bonds. The monoisotopic (exact) mass is 280 g/mol. The lowest BCUT2D eigenvalue weighted by Gasteiger charge is -2.14. The molecule has 3 nitrogen and oxygen atoms in total. The molecule has 1 aromatic carbocycles. The van der Waals surface area contributed by atoms with Crippen LogP contribution in [0.3, 0.4) is 0 Å². The van der Waals surface area contributed by atoms with E-state index in [9.17, 15) is 5.11 Å². The average Bonchev–Trinajstić information content (AvgIpc) is 2.68. The molecule has 0 saturated carbocycles. The van der Waals surface area contributed by atoms with E-state index in [1.54, 1.807) is 6.20 Å². The number of aliphatic hydroxyl groups is 1. The van der Waals surface area contributed by atoms with E-state index in [4.69, 9.17) is 0 Å². The number of aryl methyl sites for hydroxylation is 2. The van der Waals surface area contributed by atoms with Crippen LogP contribution >= 0.6 is 15.9 Å². The van der Waals surface area contributed by atoms with Crippen molar-refractivity contribution < 1.29 is 5.11 Å². The second kappa shape index (κ2) is 4.39. The lowest BCUT2D eigenvalue weighted by molar-refractivity contribution is 0.205. The van der Waals surface area contributed by atoms with E-state index in [1.165, 1.54) is 0 Å². The van der Waals surface area contributed by atoms with Crippen LogP contribution in [0.4, 0.5) is 0 Å². The largest absolute Gasteiger partial charge is 0.380 e. The van der Waals surface area contributed by atoms with Crippen molar-refractivity contribution in [2.45, 2.75) is 13.0 Å². The summed E-state index contributed by atoms with van der Waals surface area (Å²) in [5, 5.41) is 10.3. The molecule has 0 spiro atoms. The van der Waals surface area contributed by atoms with E-state index in [2.05, 4.69) is 20.9 Å².